The molecule has 0 unspecified atom stereocenters. The van der Waals surface area contributed by atoms with Crippen LogP contribution in [0.15, 0.2) is 0 Å². The van der Waals surface area contributed by atoms with E-state index in [9.17, 15) is 4.79 Å². The number of ether oxygens (including phenoxy) is 1. The molecule has 4 nitrogen and oxygen atoms in total. The minimum absolute atomic E-state index is 0.224. The molecular weight excluding hydrogens is 281 g/mol. The van der Waals surface area contributed by atoms with E-state index >= 15 is 0 Å². The van der Waals surface area contributed by atoms with Crippen molar-refractivity contribution in [3.8, 4) is 5.88 Å². The van der Waals surface area contributed by atoms with Crippen LogP contribution < -0.4 is 4.74 Å². The van der Waals surface area contributed by atoms with Gasteiger partial charge in [0.25, 0.3) is 0 Å². The molecule has 0 aliphatic rings. The number of nitrogens with zero attached hydrogens (tertiary/aromatic N) is 1. The summed E-state index contributed by atoms with van der Waals surface area (Å²) in [5.41, 5.74) is 0. The fourth-order valence-electron chi connectivity index (χ4n) is 0.524. The van der Waals surface area contributed by atoms with E-state index in [0.29, 0.717) is 9.45 Å². The maximum atomic E-state index is 10.5. The van der Waals surface area contributed by atoms with Crippen LogP contribution in [0.1, 0.15) is 9.67 Å². The van der Waals surface area contributed by atoms with Crippen molar-refractivity contribution < 1.29 is 14.6 Å². The highest BCUT2D eigenvalue weighted by molar-refractivity contribution is 14.1. The standard InChI is InChI=1S/C5H4INO3S/c1-10-4-2(6)3(5(8)9)11-7-4/h1H3,(H,8,9). The Morgan fingerprint density at radius 2 is 2.45 bits per heavy atom. The summed E-state index contributed by atoms with van der Waals surface area (Å²) in [6, 6.07) is 0. The van der Waals surface area contributed by atoms with Crippen molar-refractivity contribution in [3.63, 3.8) is 0 Å². The predicted molar refractivity (Wildman–Crippen MR) is 48.3 cm³/mol. The van der Waals surface area contributed by atoms with Gasteiger partial charge in [0.2, 0.25) is 5.88 Å². The Hall–Kier alpha value is -0.370. The molecule has 0 aliphatic carbocycles. The monoisotopic (exact) mass is 285 g/mol. The first kappa shape index (κ1) is 8.72. The van der Waals surface area contributed by atoms with Gasteiger partial charge in [0, 0.05) is 0 Å². The van der Waals surface area contributed by atoms with Gasteiger partial charge in [-0.2, -0.15) is 4.37 Å². The molecule has 0 saturated carbocycles. The van der Waals surface area contributed by atoms with Gasteiger partial charge in [0.05, 0.1) is 7.11 Å². The lowest BCUT2D eigenvalue weighted by atomic mass is 10.5. The molecule has 0 spiro atoms. The fraction of sp³-hybridized carbons (Fsp3) is 0.200. The number of carboxylic acid groups (broad SMARTS) is 1. The quantitative estimate of drug-likeness (QED) is 0.836. The molecule has 0 atom stereocenters. The van der Waals surface area contributed by atoms with Crippen molar-refractivity contribution in [2.75, 3.05) is 7.11 Å². The van der Waals surface area contributed by atoms with Crippen LogP contribution in [0.25, 0.3) is 0 Å². The van der Waals surface area contributed by atoms with Gasteiger partial charge in [-0.3, -0.25) is 0 Å². The number of aromatic nitrogens is 1. The molecule has 1 N–H and O–H groups in total. The molecule has 0 aliphatic heterocycles. The molecule has 60 valence electrons. The first-order valence-electron chi connectivity index (χ1n) is 2.59. The third-order valence-electron chi connectivity index (χ3n) is 0.995. The summed E-state index contributed by atoms with van der Waals surface area (Å²) in [7, 11) is 1.46. The SMILES string of the molecule is COc1nsc(C(=O)O)c1I. The van der Waals surface area contributed by atoms with Crippen molar-refractivity contribution in [1.82, 2.24) is 4.37 Å². The van der Waals surface area contributed by atoms with Crippen molar-refractivity contribution in [2.24, 2.45) is 0 Å². The summed E-state index contributed by atoms with van der Waals surface area (Å²) in [6.45, 7) is 0. The van der Waals surface area contributed by atoms with E-state index in [0.717, 1.165) is 11.5 Å². The average Bonchev–Trinajstić information content (AvgIpc) is 2.30. The van der Waals surface area contributed by atoms with Crippen LogP contribution in [0.2, 0.25) is 0 Å². The highest BCUT2D eigenvalue weighted by atomic mass is 127. The third kappa shape index (κ3) is 1.62. The number of carboxylic acids is 1. The fourth-order valence-corrected chi connectivity index (χ4v) is 2.14. The van der Waals surface area contributed by atoms with E-state index in [4.69, 9.17) is 9.84 Å². The zero-order valence-electron chi connectivity index (χ0n) is 5.50. The molecule has 11 heavy (non-hydrogen) atoms. The molecular formula is C5H4INO3S. The predicted octanol–water partition coefficient (Wildman–Crippen LogP) is 1.45. The van der Waals surface area contributed by atoms with Crippen LogP contribution in [-0.2, 0) is 0 Å². The first-order valence-corrected chi connectivity index (χ1v) is 4.44. The molecule has 1 rings (SSSR count). The van der Waals surface area contributed by atoms with Crippen LogP contribution in [0.4, 0.5) is 0 Å². The van der Waals surface area contributed by atoms with Crippen LogP contribution >= 0.6 is 34.1 Å². The second-order valence-corrected chi connectivity index (χ2v) is 3.49. The van der Waals surface area contributed by atoms with Crippen LogP contribution in [0.5, 0.6) is 5.88 Å². The van der Waals surface area contributed by atoms with Crippen LogP contribution in [0.3, 0.4) is 0 Å². The number of aromatic carboxylic acids is 1. The molecule has 1 heterocycles. The Kier molecular flexibility index (Phi) is 2.66. The Morgan fingerprint density at radius 1 is 1.82 bits per heavy atom. The summed E-state index contributed by atoms with van der Waals surface area (Å²) in [5.74, 6) is -0.580. The number of methoxy groups -OCH3 is 1. The Labute approximate surface area is 80.5 Å². The van der Waals surface area contributed by atoms with Gasteiger partial charge >= 0.3 is 5.97 Å². The van der Waals surface area contributed by atoms with Gasteiger partial charge < -0.3 is 9.84 Å². The molecule has 0 saturated heterocycles. The van der Waals surface area contributed by atoms with Crippen molar-refractivity contribution in [1.29, 1.82) is 0 Å². The van der Waals surface area contributed by atoms with Gasteiger partial charge in [-0.1, -0.05) is 0 Å². The lowest BCUT2D eigenvalue weighted by Gasteiger charge is -1.91. The molecule has 6 heteroatoms. The van der Waals surface area contributed by atoms with E-state index in [1.54, 1.807) is 0 Å². The van der Waals surface area contributed by atoms with E-state index in [-0.39, 0.29) is 4.88 Å². The van der Waals surface area contributed by atoms with E-state index in [2.05, 4.69) is 4.37 Å². The topological polar surface area (TPSA) is 59.4 Å². The Morgan fingerprint density at radius 3 is 2.73 bits per heavy atom. The average molecular weight is 285 g/mol. The molecule has 1 aromatic heterocycles. The number of halogens is 1. The normalized spacial score (nSPS) is 9.64. The summed E-state index contributed by atoms with van der Waals surface area (Å²) >= 11 is 2.82. The number of hydrogen-bond donors (Lipinski definition) is 1. The molecule has 0 aromatic carbocycles. The van der Waals surface area contributed by atoms with Crippen LogP contribution in [0, 0.1) is 3.57 Å². The van der Waals surface area contributed by atoms with Gasteiger partial charge in [0.15, 0.2) is 0 Å². The summed E-state index contributed by atoms with van der Waals surface area (Å²) in [5, 5.41) is 8.58. The van der Waals surface area contributed by atoms with Crippen LogP contribution in [-0.4, -0.2) is 22.6 Å². The Balaban J connectivity index is 3.10. The van der Waals surface area contributed by atoms with Gasteiger partial charge in [-0.25, -0.2) is 4.79 Å². The van der Waals surface area contributed by atoms with Gasteiger partial charge in [0.1, 0.15) is 8.45 Å². The molecule has 1 aromatic rings. The minimum atomic E-state index is -0.963. The zero-order valence-corrected chi connectivity index (χ0v) is 8.47. The van der Waals surface area contributed by atoms with Gasteiger partial charge in [-0.15, -0.1) is 0 Å². The van der Waals surface area contributed by atoms with E-state index < -0.39 is 5.97 Å². The summed E-state index contributed by atoms with van der Waals surface area (Å²) in [6.07, 6.45) is 0. The van der Waals surface area contributed by atoms with E-state index in [1.165, 1.54) is 7.11 Å². The second-order valence-electron chi connectivity index (χ2n) is 1.64. The second kappa shape index (κ2) is 3.35. The summed E-state index contributed by atoms with van der Waals surface area (Å²) in [4.78, 5) is 10.7. The minimum Gasteiger partial charge on any atom is -0.480 e. The maximum absolute atomic E-state index is 10.5. The maximum Gasteiger partial charge on any atom is 0.348 e. The molecule has 0 radical (unpaired) electrons. The van der Waals surface area contributed by atoms with E-state index in [1.807, 2.05) is 22.6 Å². The zero-order chi connectivity index (χ0) is 8.43. The summed E-state index contributed by atoms with van der Waals surface area (Å²) < 4.78 is 9.15. The lowest BCUT2D eigenvalue weighted by molar-refractivity contribution is 0.0701. The molecule has 0 bridgehead atoms. The number of carbonyl (C=O) groups is 1. The van der Waals surface area contributed by atoms with Crippen molar-refractivity contribution in [3.05, 3.63) is 8.45 Å². The molecule has 0 amide bonds. The largest absolute Gasteiger partial charge is 0.480 e. The van der Waals surface area contributed by atoms with Gasteiger partial charge in [-0.05, 0) is 34.1 Å². The third-order valence-corrected chi connectivity index (χ3v) is 3.18. The number of hydrogen-bond acceptors (Lipinski definition) is 4. The Bertz CT molecular complexity index is 285. The number of rotatable bonds is 2. The highest BCUT2D eigenvalue weighted by Gasteiger charge is 2.16. The highest BCUT2D eigenvalue weighted by Crippen LogP contribution is 2.26. The molecule has 0 fully saturated rings. The lowest BCUT2D eigenvalue weighted by Crippen LogP contribution is -1.94. The van der Waals surface area contributed by atoms with Crippen molar-refractivity contribution >= 4 is 40.1 Å². The smallest absolute Gasteiger partial charge is 0.348 e. The van der Waals surface area contributed by atoms with Crippen molar-refractivity contribution in [2.45, 2.75) is 0 Å². The first-order chi connectivity index (χ1) is 5.16.